The molecule has 0 bridgehead atoms. The number of morpholine rings is 1. The Bertz CT molecular complexity index is 1600. The van der Waals surface area contributed by atoms with E-state index in [2.05, 4.69) is 25.0 Å². The fraction of sp³-hybridized carbons (Fsp3) is 0.174. The lowest BCUT2D eigenvalue weighted by molar-refractivity contribution is -0.150. The number of halogens is 1. The van der Waals surface area contributed by atoms with Crippen molar-refractivity contribution in [2.45, 2.75) is 12.2 Å². The number of pyridine rings is 1. The maximum absolute atomic E-state index is 14.5. The maximum atomic E-state index is 14.5. The van der Waals surface area contributed by atoms with Gasteiger partial charge in [0.1, 0.15) is 5.82 Å². The lowest BCUT2D eigenvalue weighted by Gasteiger charge is -2.34. The number of ether oxygens (including phenoxy) is 1. The lowest BCUT2D eigenvalue weighted by Crippen LogP contribution is -2.55. The third kappa shape index (κ3) is 5.02. The lowest BCUT2D eigenvalue weighted by atomic mass is 10.1. The van der Waals surface area contributed by atoms with Crippen LogP contribution in [-0.4, -0.2) is 57.4 Å². The van der Waals surface area contributed by atoms with Crippen LogP contribution in [0.15, 0.2) is 62.6 Å². The summed E-state index contributed by atoms with van der Waals surface area (Å²) < 4.78 is 24.3. The summed E-state index contributed by atoms with van der Waals surface area (Å²) in [6.45, 7) is 0.215. The van der Waals surface area contributed by atoms with Gasteiger partial charge in [0.05, 0.1) is 17.7 Å². The van der Waals surface area contributed by atoms with Gasteiger partial charge in [-0.3, -0.25) is 14.4 Å². The molecule has 1 aliphatic rings. The van der Waals surface area contributed by atoms with Crippen LogP contribution in [0.4, 0.5) is 15.8 Å². The zero-order valence-electron chi connectivity index (χ0n) is 19.1. The molecule has 0 aliphatic carbocycles. The number of aromatic amines is 2. The quantitative estimate of drug-likeness (QED) is 0.257. The van der Waals surface area contributed by atoms with Gasteiger partial charge in [-0.1, -0.05) is 6.07 Å². The number of amides is 2. The molecule has 13 nitrogen and oxygen atoms in total. The number of hydrogen-bond donors (Lipinski definition) is 5. The van der Waals surface area contributed by atoms with E-state index in [4.69, 9.17) is 4.74 Å². The van der Waals surface area contributed by atoms with Crippen LogP contribution in [0.2, 0.25) is 0 Å². The number of anilines is 2. The van der Waals surface area contributed by atoms with Crippen molar-refractivity contribution in [2.24, 2.45) is 0 Å². The normalized spacial score (nSPS) is 16.3. The average molecular weight is 512 g/mol. The molecule has 2 atom stereocenters. The minimum absolute atomic E-state index is 0. The van der Waals surface area contributed by atoms with Gasteiger partial charge in [-0.05, 0) is 41.8 Å². The molecule has 2 aromatic heterocycles. The van der Waals surface area contributed by atoms with E-state index in [-0.39, 0.29) is 41.9 Å². The van der Waals surface area contributed by atoms with E-state index < -0.39 is 35.6 Å². The van der Waals surface area contributed by atoms with Gasteiger partial charge in [0, 0.05) is 24.0 Å². The average Bonchev–Trinajstić information content (AvgIpc) is 3.29. The van der Waals surface area contributed by atoms with Crippen LogP contribution in [-0.2, 0) is 14.3 Å². The molecule has 0 radical (unpaired) electrons. The van der Waals surface area contributed by atoms with Gasteiger partial charge in [0.15, 0.2) is 18.0 Å². The third-order valence-corrected chi connectivity index (χ3v) is 5.63. The third-order valence-electron chi connectivity index (χ3n) is 5.63. The molecule has 14 heteroatoms. The minimum atomic E-state index is -1.89. The highest BCUT2D eigenvalue weighted by molar-refractivity contribution is 6.04. The van der Waals surface area contributed by atoms with E-state index in [1.54, 1.807) is 24.3 Å². The second-order valence-electron chi connectivity index (χ2n) is 7.93. The van der Waals surface area contributed by atoms with Crippen LogP contribution in [0, 0.1) is 5.82 Å². The molecule has 1 aliphatic heterocycles. The van der Waals surface area contributed by atoms with Gasteiger partial charge < -0.3 is 35.7 Å². The Labute approximate surface area is 206 Å². The number of rotatable bonds is 5. The van der Waals surface area contributed by atoms with E-state index in [0.29, 0.717) is 11.2 Å². The number of nitrogens with zero attached hydrogens (tertiary/aromatic N) is 2. The molecule has 3 heterocycles. The molecule has 7 N–H and O–H groups in total. The number of aliphatic hydroxyl groups excluding tert-OH is 1. The number of carbonyl (C=O) groups excluding carboxylic acids is 2. The van der Waals surface area contributed by atoms with Crippen molar-refractivity contribution in [2.75, 3.05) is 23.4 Å². The van der Waals surface area contributed by atoms with Crippen molar-refractivity contribution >= 4 is 34.1 Å². The monoisotopic (exact) mass is 512 g/mol. The Morgan fingerprint density at radius 3 is 2.68 bits per heavy atom. The predicted octanol–water partition coefficient (Wildman–Crippen LogP) is 0.904. The van der Waals surface area contributed by atoms with Crippen molar-refractivity contribution < 1.29 is 28.3 Å². The first kappa shape index (κ1) is 25.4. The van der Waals surface area contributed by atoms with E-state index >= 15 is 0 Å². The Hall–Kier alpha value is -4.66. The van der Waals surface area contributed by atoms with Crippen molar-refractivity contribution in [3.63, 3.8) is 0 Å². The number of nitrogens with one attached hydrogen (secondary N) is 3. The molecule has 2 aromatic carbocycles. The molecule has 1 saturated heterocycles. The molecule has 4 aromatic rings. The first-order valence-electron chi connectivity index (χ1n) is 10.7. The molecule has 0 spiro atoms. The zero-order valence-corrected chi connectivity index (χ0v) is 19.1. The highest BCUT2D eigenvalue weighted by Gasteiger charge is 2.39. The first-order chi connectivity index (χ1) is 17.3. The van der Waals surface area contributed by atoms with Crippen LogP contribution < -0.4 is 27.7 Å². The fourth-order valence-corrected chi connectivity index (χ4v) is 3.88. The fourth-order valence-electron chi connectivity index (χ4n) is 3.88. The number of aromatic nitrogens is 3. The number of benzene rings is 2. The van der Waals surface area contributed by atoms with Crippen LogP contribution in [0.1, 0.15) is 0 Å². The van der Waals surface area contributed by atoms with E-state index in [1.165, 1.54) is 23.1 Å². The number of H-pyrrole nitrogens is 2. The van der Waals surface area contributed by atoms with Gasteiger partial charge in [0.25, 0.3) is 11.8 Å². The van der Waals surface area contributed by atoms with Gasteiger partial charge >= 0.3 is 5.76 Å². The highest BCUT2D eigenvalue weighted by Crippen LogP contribution is 2.25. The molecule has 2 amide bonds. The van der Waals surface area contributed by atoms with Crippen molar-refractivity contribution in [1.29, 1.82) is 0 Å². The van der Waals surface area contributed by atoms with Crippen LogP contribution in [0.25, 0.3) is 22.3 Å². The van der Waals surface area contributed by atoms with E-state index in [0.717, 1.165) is 11.5 Å². The second kappa shape index (κ2) is 10.1. The van der Waals surface area contributed by atoms with Gasteiger partial charge in [-0.15, -0.1) is 0 Å². The summed E-state index contributed by atoms with van der Waals surface area (Å²) in [5.41, 5.74) is 0.604. The molecule has 1 fully saturated rings. The summed E-state index contributed by atoms with van der Waals surface area (Å²) in [7, 11) is 0. The van der Waals surface area contributed by atoms with Gasteiger partial charge in [-0.2, -0.15) is 10.1 Å². The topological polar surface area (TPSA) is 206 Å². The number of hydrogen-bond acceptors (Lipinski definition) is 9. The molecule has 192 valence electrons. The summed E-state index contributed by atoms with van der Waals surface area (Å²) in [4.78, 5) is 55.9. The van der Waals surface area contributed by atoms with Crippen molar-refractivity contribution in [3.8, 4) is 11.4 Å². The molecular weight excluding hydrogens is 491 g/mol. The Kier molecular flexibility index (Phi) is 6.97. The van der Waals surface area contributed by atoms with Crippen LogP contribution >= 0.6 is 0 Å². The van der Waals surface area contributed by atoms with Crippen molar-refractivity contribution in [1.82, 2.24) is 21.3 Å². The SMILES string of the molecule is N.O=C(Nc1ccc(-c2nc(=O)o[nH]2)c(F)c1)[C@H](O)[C@H]1OCCN(c2ccc3ccc(=O)[nH]c3c2)C1=O. The zero-order chi connectivity index (χ0) is 25.4. The second-order valence-corrected chi connectivity index (χ2v) is 7.93. The van der Waals surface area contributed by atoms with Crippen LogP contribution in [0.5, 0.6) is 0 Å². The molecule has 5 rings (SSSR count). The molecule has 0 saturated carbocycles. The summed E-state index contributed by atoms with van der Waals surface area (Å²) in [5.74, 6) is -3.52. The standard InChI is InChI=1S/C23H18FN5O7.H3N/c24-15-9-12(3-5-14(15)20-27-23(34)36-28-20)25-21(32)18(31)19-22(33)29(7-8-35-19)13-4-1-11-2-6-17(30)26-16(11)10-13;/h1-6,9-10,18-19,31H,7-8H2,(H,25,32)(H,26,30)(H,27,28,34);1H3/t18-,19-;/m1./s1. The van der Waals surface area contributed by atoms with E-state index in [1.807, 2.05) is 0 Å². The smallest absolute Gasteiger partial charge is 0.380 e. The van der Waals surface area contributed by atoms with Gasteiger partial charge in [0.2, 0.25) is 5.56 Å². The minimum Gasteiger partial charge on any atom is -0.380 e. The summed E-state index contributed by atoms with van der Waals surface area (Å²) >= 11 is 0. The summed E-state index contributed by atoms with van der Waals surface area (Å²) in [5, 5.41) is 15.8. The summed E-state index contributed by atoms with van der Waals surface area (Å²) in [6.07, 6.45) is -3.40. The number of aliphatic hydroxyl groups is 1. The Morgan fingerprint density at radius 1 is 1.16 bits per heavy atom. The number of carbonyl (C=O) groups is 2. The Morgan fingerprint density at radius 2 is 1.95 bits per heavy atom. The maximum Gasteiger partial charge on any atom is 0.460 e. The molecule has 37 heavy (non-hydrogen) atoms. The van der Waals surface area contributed by atoms with Gasteiger partial charge in [-0.25, -0.2) is 9.18 Å². The highest BCUT2D eigenvalue weighted by atomic mass is 19.1. The first-order valence-corrected chi connectivity index (χ1v) is 10.7. The Balaban J connectivity index is 0.00000320. The van der Waals surface area contributed by atoms with E-state index in [9.17, 15) is 28.7 Å². The number of fused-ring (bicyclic) bond motifs is 1. The summed E-state index contributed by atoms with van der Waals surface area (Å²) in [6, 6.07) is 11.6. The predicted molar refractivity (Wildman–Crippen MR) is 129 cm³/mol. The largest absolute Gasteiger partial charge is 0.460 e. The van der Waals surface area contributed by atoms with Crippen LogP contribution in [0.3, 0.4) is 0 Å². The molecule has 0 unspecified atom stereocenters. The molecular formula is C23H21FN6O7. The van der Waals surface area contributed by atoms with Crippen molar-refractivity contribution in [3.05, 3.63) is 75.3 Å².